The maximum absolute atomic E-state index is 12.5. The molecule has 0 aliphatic carbocycles. The van der Waals surface area contributed by atoms with Crippen molar-refractivity contribution in [1.82, 2.24) is 0 Å². The Morgan fingerprint density at radius 1 is 1.33 bits per heavy atom. The molecule has 1 aromatic rings. The van der Waals surface area contributed by atoms with Gasteiger partial charge in [-0.2, -0.15) is 0 Å². The second kappa shape index (κ2) is 9.88. The molecule has 2 heterocycles. The van der Waals surface area contributed by atoms with Crippen molar-refractivity contribution in [1.29, 1.82) is 0 Å². The van der Waals surface area contributed by atoms with Gasteiger partial charge in [0.25, 0.3) is 0 Å². The third-order valence-corrected chi connectivity index (χ3v) is 5.61. The van der Waals surface area contributed by atoms with Gasteiger partial charge in [0.1, 0.15) is 0 Å². The predicted molar refractivity (Wildman–Crippen MR) is 118 cm³/mol. The number of amides is 2. The van der Waals surface area contributed by atoms with Crippen LogP contribution in [0.3, 0.4) is 0 Å². The maximum Gasteiger partial charge on any atom is 0.411 e. The molecule has 2 N–H and O–H groups in total. The van der Waals surface area contributed by atoms with Crippen LogP contribution in [0.15, 0.2) is 27.7 Å². The van der Waals surface area contributed by atoms with Crippen molar-refractivity contribution in [3.63, 3.8) is 0 Å². The number of hydrogen-bond donors (Lipinski definition) is 2. The van der Waals surface area contributed by atoms with E-state index in [4.69, 9.17) is 9.73 Å². The van der Waals surface area contributed by atoms with Crippen molar-refractivity contribution in [2.45, 2.75) is 39.0 Å². The molecule has 160 valence electrons. The van der Waals surface area contributed by atoms with Crippen molar-refractivity contribution in [2.75, 3.05) is 24.4 Å². The maximum atomic E-state index is 12.5. The van der Waals surface area contributed by atoms with Crippen LogP contribution in [0.1, 0.15) is 44.6 Å². The predicted octanol–water partition coefficient (Wildman–Crippen LogP) is 4.46. The number of allylic oxidation sites excluding steroid dienone is 1. The number of nitrogens with one attached hydrogen (secondary N) is 2. The molecule has 8 nitrogen and oxygen atoms in total. The molecule has 0 saturated heterocycles. The molecule has 0 saturated carbocycles. The highest BCUT2D eigenvalue weighted by Gasteiger charge is 2.31. The van der Waals surface area contributed by atoms with E-state index in [2.05, 4.69) is 31.3 Å². The zero-order valence-corrected chi connectivity index (χ0v) is 18.5. The van der Waals surface area contributed by atoms with E-state index in [1.54, 1.807) is 25.1 Å². The quantitative estimate of drug-likeness (QED) is 0.624. The normalized spacial score (nSPS) is 19.0. The molecule has 2 aliphatic heterocycles. The number of aliphatic imine (C=N–C) groups is 1. The second-order valence-electron chi connectivity index (χ2n) is 7.01. The molecule has 0 spiro atoms. The van der Waals surface area contributed by atoms with Crippen LogP contribution >= 0.6 is 15.9 Å². The summed E-state index contributed by atoms with van der Waals surface area (Å²) in [6.45, 7) is 2.09. The molecule has 0 aromatic heterocycles. The monoisotopic (exact) mass is 477 g/mol. The summed E-state index contributed by atoms with van der Waals surface area (Å²) in [4.78, 5) is 41.3. The number of ether oxygens (including phenoxy) is 2. The summed E-state index contributed by atoms with van der Waals surface area (Å²) in [5, 5.41) is 5.52. The van der Waals surface area contributed by atoms with Crippen LogP contribution in [-0.4, -0.2) is 37.4 Å². The first-order valence-corrected chi connectivity index (χ1v) is 10.6. The Hall–Kier alpha value is -2.68. The van der Waals surface area contributed by atoms with Gasteiger partial charge in [-0.3, -0.25) is 19.9 Å². The van der Waals surface area contributed by atoms with Crippen molar-refractivity contribution < 1.29 is 23.9 Å². The van der Waals surface area contributed by atoms with E-state index in [0.717, 1.165) is 10.2 Å². The molecule has 2 aliphatic rings. The number of fused-ring (bicyclic) bond motifs is 3. The van der Waals surface area contributed by atoms with Crippen molar-refractivity contribution >= 4 is 56.7 Å². The van der Waals surface area contributed by atoms with Gasteiger partial charge in [-0.05, 0) is 38.0 Å². The van der Waals surface area contributed by atoms with Crippen LogP contribution in [0.4, 0.5) is 16.2 Å². The lowest BCUT2D eigenvalue weighted by Crippen LogP contribution is -2.26. The minimum atomic E-state index is -0.603. The Morgan fingerprint density at radius 2 is 2.13 bits per heavy atom. The van der Waals surface area contributed by atoms with Crippen LogP contribution < -0.4 is 10.6 Å². The van der Waals surface area contributed by atoms with Crippen molar-refractivity contribution in [2.24, 2.45) is 10.9 Å². The first kappa shape index (κ1) is 22.0. The molecular formula is C21H24BrN3O5. The highest BCUT2D eigenvalue weighted by atomic mass is 79.9. The summed E-state index contributed by atoms with van der Waals surface area (Å²) in [6, 6.07) is 5.14. The van der Waals surface area contributed by atoms with E-state index in [1.165, 1.54) is 7.11 Å². The molecule has 1 atom stereocenters. The topological polar surface area (TPSA) is 106 Å². The Labute approximate surface area is 183 Å². The van der Waals surface area contributed by atoms with Gasteiger partial charge in [-0.25, -0.2) is 4.79 Å². The van der Waals surface area contributed by atoms with E-state index >= 15 is 0 Å². The lowest BCUT2D eigenvalue weighted by molar-refractivity contribution is -0.145. The van der Waals surface area contributed by atoms with Crippen LogP contribution in [0, 0.1) is 5.92 Å². The Balaban J connectivity index is 2.02. The number of carbonyl (C=O) groups is 3. The Morgan fingerprint density at radius 3 is 2.87 bits per heavy atom. The lowest BCUT2D eigenvalue weighted by Gasteiger charge is -2.17. The minimum Gasteiger partial charge on any atom is -0.465 e. The number of rotatable bonds is 3. The number of benzene rings is 1. The number of nitrogens with zero attached hydrogens (tertiary/aromatic N) is 1. The van der Waals surface area contributed by atoms with Gasteiger partial charge in [0.15, 0.2) is 0 Å². The molecule has 3 rings (SSSR count). The number of methoxy groups -OCH3 is 1. The average Bonchev–Trinajstić information content (AvgIpc) is 3.08. The first-order chi connectivity index (χ1) is 14.4. The van der Waals surface area contributed by atoms with Gasteiger partial charge < -0.3 is 14.8 Å². The number of esters is 1. The van der Waals surface area contributed by atoms with E-state index in [-0.39, 0.29) is 11.9 Å². The molecule has 9 heteroatoms. The fourth-order valence-electron chi connectivity index (χ4n) is 3.50. The summed E-state index contributed by atoms with van der Waals surface area (Å²) in [6.07, 6.45) is 2.18. The SMILES string of the molecule is CCOC(=O)C1CCCCC(=O)Nc2cc(NC(=O)OC)ccc2C2=C(Br)CC1=N2. The smallest absolute Gasteiger partial charge is 0.411 e. The van der Waals surface area contributed by atoms with E-state index in [0.29, 0.717) is 61.3 Å². The molecule has 2 bridgehead atoms. The third kappa shape index (κ3) is 5.08. The van der Waals surface area contributed by atoms with Crippen molar-refractivity contribution in [3.05, 3.63) is 28.2 Å². The number of anilines is 2. The first-order valence-electron chi connectivity index (χ1n) is 9.85. The fourth-order valence-corrected chi connectivity index (χ4v) is 4.09. The Kier molecular flexibility index (Phi) is 7.25. The molecule has 1 unspecified atom stereocenters. The number of carbonyl (C=O) groups excluding carboxylic acids is 3. The molecule has 30 heavy (non-hydrogen) atoms. The van der Waals surface area contributed by atoms with Crippen LogP contribution in [0.25, 0.3) is 5.70 Å². The van der Waals surface area contributed by atoms with Gasteiger partial charge in [0.2, 0.25) is 5.91 Å². The zero-order valence-electron chi connectivity index (χ0n) is 16.9. The molecule has 0 fully saturated rings. The number of hydrogen-bond acceptors (Lipinski definition) is 6. The summed E-state index contributed by atoms with van der Waals surface area (Å²) >= 11 is 3.59. The lowest BCUT2D eigenvalue weighted by atomic mass is 9.94. The second-order valence-corrected chi connectivity index (χ2v) is 7.97. The summed E-state index contributed by atoms with van der Waals surface area (Å²) in [5.41, 5.74) is 3.11. The summed E-state index contributed by atoms with van der Waals surface area (Å²) in [5.74, 6) is -0.850. The summed E-state index contributed by atoms with van der Waals surface area (Å²) < 4.78 is 10.7. The standard InChI is InChI=1S/C21H24BrN3O5/c1-3-30-20(27)14-6-4-5-7-18(26)24-16-10-12(23-21(28)29-2)8-9-13(16)19-15(22)11-17(14)25-19/h8-10,14H,3-7,11H2,1-2H3,(H,23,28)(H,24,26). The van der Waals surface area contributed by atoms with Gasteiger partial charge >= 0.3 is 12.1 Å². The van der Waals surface area contributed by atoms with Crippen molar-refractivity contribution in [3.8, 4) is 0 Å². The van der Waals surface area contributed by atoms with Gasteiger partial charge in [0, 0.05) is 34.3 Å². The van der Waals surface area contributed by atoms with Crippen LogP contribution in [-0.2, 0) is 19.1 Å². The third-order valence-electron chi connectivity index (χ3n) is 4.95. The van der Waals surface area contributed by atoms with E-state index in [1.807, 2.05) is 0 Å². The van der Waals surface area contributed by atoms with Gasteiger partial charge in [-0.15, -0.1) is 0 Å². The van der Waals surface area contributed by atoms with E-state index in [9.17, 15) is 14.4 Å². The minimum absolute atomic E-state index is 0.140. The average molecular weight is 478 g/mol. The largest absolute Gasteiger partial charge is 0.465 e. The highest BCUT2D eigenvalue weighted by Crippen LogP contribution is 2.39. The fraction of sp³-hybridized carbons (Fsp3) is 0.429. The highest BCUT2D eigenvalue weighted by molar-refractivity contribution is 9.11. The summed E-state index contributed by atoms with van der Waals surface area (Å²) in [7, 11) is 1.28. The number of halogens is 1. The van der Waals surface area contributed by atoms with Gasteiger partial charge in [0.05, 0.1) is 31.0 Å². The molecule has 2 amide bonds. The zero-order chi connectivity index (χ0) is 21.7. The molecule has 1 aromatic carbocycles. The van der Waals surface area contributed by atoms with Gasteiger partial charge in [-0.1, -0.05) is 22.4 Å². The van der Waals surface area contributed by atoms with E-state index < -0.39 is 12.0 Å². The van der Waals surface area contributed by atoms with Crippen LogP contribution in [0.2, 0.25) is 0 Å². The van der Waals surface area contributed by atoms with Crippen LogP contribution in [0.5, 0.6) is 0 Å². The molecular weight excluding hydrogens is 454 g/mol. The Bertz CT molecular complexity index is 925. The molecule has 0 radical (unpaired) electrons.